The monoisotopic (exact) mass is 421 g/mol. The molecule has 0 aliphatic rings. The molecule has 0 radical (unpaired) electrons. The van der Waals surface area contributed by atoms with Crippen molar-refractivity contribution in [3.8, 4) is 0 Å². The molecule has 0 rings (SSSR count). The maximum atomic E-state index is 11.7. The Morgan fingerprint density at radius 1 is 0.571 bits per heavy atom. The highest BCUT2D eigenvalue weighted by molar-refractivity contribution is 7.33. The smallest absolute Gasteiger partial charge is 0.364 e. The molecule has 6 heteroatoms. The second-order valence-corrected chi connectivity index (χ2v) is 8.74. The van der Waals surface area contributed by atoms with Crippen LogP contribution in [0, 0.1) is 0 Å². The molecule has 0 saturated heterocycles. The Hall–Kier alpha value is -0.0600. The third-order valence-electron chi connectivity index (χ3n) is 5.02. The highest BCUT2D eigenvalue weighted by Crippen LogP contribution is 2.29. The molecule has 0 spiro atoms. The van der Waals surface area contributed by atoms with E-state index in [-0.39, 0.29) is 0 Å². The Morgan fingerprint density at radius 3 is 1.18 bits per heavy atom. The number of hydrogen-bond donors (Lipinski definition) is 2. The average molecular weight is 422 g/mol. The molecule has 5 nitrogen and oxygen atoms in total. The van der Waals surface area contributed by atoms with Gasteiger partial charge in [-0.15, -0.1) is 0 Å². The van der Waals surface area contributed by atoms with Crippen LogP contribution in [-0.2, 0) is 13.6 Å². The van der Waals surface area contributed by atoms with Crippen molar-refractivity contribution in [1.82, 2.24) is 0 Å². The van der Waals surface area contributed by atoms with E-state index in [9.17, 15) is 14.8 Å². The Labute approximate surface area is 174 Å². The van der Waals surface area contributed by atoms with Gasteiger partial charge in [-0.25, -0.2) is 0 Å². The third-order valence-corrected chi connectivity index (χ3v) is 5.86. The molecule has 0 aromatic heterocycles. The summed E-state index contributed by atoms with van der Waals surface area (Å²) in [4.78, 5) is 0. The zero-order valence-electron chi connectivity index (χ0n) is 18.4. The summed E-state index contributed by atoms with van der Waals surface area (Å²) in [7, 11) is -2.48. The van der Waals surface area contributed by atoms with Gasteiger partial charge in [0.25, 0.3) is 0 Å². The first-order chi connectivity index (χ1) is 13.6. The molecule has 0 bridgehead atoms. The normalized spacial score (nSPS) is 14.2. The fourth-order valence-electron chi connectivity index (χ4n) is 3.23. The van der Waals surface area contributed by atoms with Gasteiger partial charge < -0.3 is 10.2 Å². The number of hydrogen-bond acceptors (Lipinski definition) is 5. The molecule has 0 aliphatic heterocycles. The molecule has 0 heterocycles. The van der Waals surface area contributed by atoms with Gasteiger partial charge in [0, 0.05) is 17.4 Å². The Balaban J connectivity index is 3.49. The third kappa shape index (κ3) is 20.7. The summed E-state index contributed by atoms with van der Waals surface area (Å²) in [5, 5.41) is 19.5. The number of unbranched alkanes of at least 4 members (excludes halogenated alkanes) is 14. The van der Waals surface area contributed by atoms with Crippen LogP contribution in [0.3, 0.4) is 0 Å². The number of aliphatic hydroxyl groups excluding tert-OH is 2. The zero-order chi connectivity index (χ0) is 20.9. The van der Waals surface area contributed by atoms with Crippen molar-refractivity contribution >= 4 is 8.25 Å². The summed E-state index contributed by atoms with van der Waals surface area (Å²) in [6.45, 7) is 4.43. The molecule has 2 unspecified atom stereocenters. The van der Waals surface area contributed by atoms with Crippen LogP contribution in [0.4, 0.5) is 0 Å². The molecule has 0 fully saturated rings. The maximum Gasteiger partial charge on any atom is 0.702 e. The lowest BCUT2D eigenvalue weighted by Gasteiger charge is -2.06. The van der Waals surface area contributed by atoms with Gasteiger partial charge >= 0.3 is 8.25 Å². The molecule has 2 atom stereocenters. The minimum absolute atomic E-state index is 0.452. The molecule has 0 aromatic rings. The molecule has 0 aromatic carbocycles. The predicted molar refractivity (Wildman–Crippen MR) is 116 cm³/mol. The van der Waals surface area contributed by atoms with Gasteiger partial charge in [-0.2, -0.15) is 0 Å². The number of aliphatic hydroxyl groups is 2. The molecule has 0 amide bonds. The van der Waals surface area contributed by atoms with Crippen LogP contribution in [0.15, 0.2) is 0 Å². The van der Waals surface area contributed by atoms with Gasteiger partial charge in [-0.3, -0.25) is 0 Å². The fourth-order valence-corrected chi connectivity index (χ4v) is 3.89. The molecule has 0 saturated carbocycles. The van der Waals surface area contributed by atoms with Crippen LogP contribution in [0.25, 0.3) is 0 Å². The van der Waals surface area contributed by atoms with Gasteiger partial charge in [0.15, 0.2) is 0 Å². The van der Waals surface area contributed by atoms with E-state index in [2.05, 4.69) is 13.8 Å². The van der Waals surface area contributed by atoms with E-state index < -0.39 is 20.8 Å². The van der Waals surface area contributed by atoms with Crippen molar-refractivity contribution in [3.63, 3.8) is 0 Å². The van der Waals surface area contributed by atoms with E-state index in [0.29, 0.717) is 12.8 Å². The van der Waals surface area contributed by atoms with Gasteiger partial charge in [0.2, 0.25) is 12.6 Å². The first-order valence-corrected chi connectivity index (χ1v) is 12.9. The average Bonchev–Trinajstić information content (AvgIpc) is 2.65. The van der Waals surface area contributed by atoms with Crippen molar-refractivity contribution in [3.05, 3.63) is 0 Å². The van der Waals surface area contributed by atoms with E-state index in [1.165, 1.54) is 64.2 Å². The zero-order valence-corrected chi connectivity index (χ0v) is 19.3. The summed E-state index contributed by atoms with van der Waals surface area (Å²) < 4.78 is 21.6. The Morgan fingerprint density at radius 2 is 0.857 bits per heavy atom. The minimum atomic E-state index is -2.48. The Bertz CT molecular complexity index is 311. The summed E-state index contributed by atoms with van der Waals surface area (Å²) in [6, 6.07) is 0. The first-order valence-electron chi connectivity index (χ1n) is 11.8. The maximum absolute atomic E-state index is 11.7. The van der Waals surface area contributed by atoms with Crippen molar-refractivity contribution < 1.29 is 23.8 Å². The summed E-state index contributed by atoms with van der Waals surface area (Å²) in [5.41, 5.74) is 0. The summed E-state index contributed by atoms with van der Waals surface area (Å²) >= 11 is 0. The van der Waals surface area contributed by atoms with Crippen molar-refractivity contribution in [1.29, 1.82) is 0 Å². The highest BCUT2D eigenvalue weighted by Gasteiger charge is 2.29. The molecular formula is C22H46O5P+. The second-order valence-electron chi connectivity index (χ2n) is 7.87. The first kappa shape index (κ1) is 27.9. The lowest BCUT2D eigenvalue weighted by Crippen LogP contribution is -2.12. The van der Waals surface area contributed by atoms with Crippen LogP contribution in [0.1, 0.15) is 129 Å². The lowest BCUT2D eigenvalue weighted by atomic mass is 10.1. The highest BCUT2D eigenvalue weighted by atomic mass is 31.1. The fraction of sp³-hybridized carbons (Fsp3) is 1.00. The van der Waals surface area contributed by atoms with Gasteiger partial charge in [0.05, 0.1) is 0 Å². The van der Waals surface area contributed by atoms with Gasteiger partial charge in [-0.1, -0.05) is 113 Å². The molecule has 168 valence electrons. The molecule has 2 N–H and O–H groups in total. The molecular weight excluding hydrogens is 375 g/mol. The molecule has 0 aliphatic carbocycles. The standard InChI is InChI=1S/C22H46O5P/c1-3-5-7-9-11-13-15-17-19-21(23)26-28(25)27-22(24)20-18-16-14-12-10-8-6-4-2/h21-24H,3-20H2,1-2H3/q+1. The van der Waals surface area contributed by atoms with Crippen LogP contribution < -0.4 is 0 Å². The quantitative estimate of drug-likeness (QED) is 0.108. The van der Waals surface area contributed by atoms with Crippen molar-refractivity contribution in [2.45, 2.75) is 142 Å². The number of rotatable bonds is 22. The lowest BCUT2D eigenvalue weighted by molar-refractivity contribution is -0.0648. The van der Waals surface area contributed by atoms with Crippen molar-refractivity contribution in [2.24, 2.45) is 0 Å². The topological polar surface area (TPSA) is 76.0 Å². The van der Waals surface area contributed by atoms with E-state index in [1.807, 2.05) is 0 Å². The Kier molecular flexibility index (Phi) is 21.6. The SMILES string of the molecule is CCCCCCCCCCC(O)O[P+](=O)OC(O)CCCCCCCCCC. The summed E-state index contributed by atoms with van der Waals surface area (Å²) in [5.74, 6) is 0. The van der Waals surface area contributed by atoms with E-state index in [1.54, 1.807) is 0 Å². The largest absolute Gasteiger partial charge is 0.702 e. The van der Waals surface area contributed by atoms with Crippen LogP contribution in [0.2, 0.25) is 0 Å². The minimum Gasteiger partial charge on any atom is -0.364 e. The van der Waals surface area contributed by atoms with Gasteiger partial charge in [-0.05, 0) is 12.8 Å². The predicted octanol–water partition coefficient (Wildman–Crippen LogP) is 7.38. The summed E-state index contributed by atoms with van der Waals surface area (Å²) in [6.07, 6.45) is 17.6. The van der Waals surface area contributed by atoms with Crippen LogP contribution in [-0.4, -0.2) is 22.8 Å². The van der Waals surface area contributed by atoms with Crippen LogP contribution >= 0.6 is 8.25 Å². The second kappa shape index (κ2) is 21.6. The van der Waals surface area contributed by atoms with E-state index in [0.717, 1.165) is 38.5 Å². The van der Waals surface area contributed by atoms with E-state index in [4.69, 9.17) is 9.05 Å². The van der Waals surface area contributed by atoms with Gasteiger partial charge in [0.1, 0.15) is 0 Å². The molecule has 28 heavy (non-hydrogen) atoms. The van der Waals surface area contributed by atoms with Crippen molar-refractivity contribution in [2.75, 3.05) is 0 Å². The van der Waals surface area contributed by atoms with Crippen LogP contribution in [0.5, 0.6) is 0 Å². The van der Waals surface area contributed by atoms with E-state index >= 15 is 0 Å².